The van der Waals surface area contributed by atoms with Crippen LogP contribution in [0.4, 0.5) is 11.4 Å². The van der Waals surface area contributed by atoms with E-state index in [0.29, 0.717) is 11.7 Å². The first-order valence-electron chi connectivity index (χ1n) is 11.1. The minimum Gasteiger partial charge on any atom is -0.376 e. The Hall–Kier alpha value is -2.42. The van der Waals surface area contributed by atoms with Gasteiger partial charge < -0.3 is 10.6 Å². The van der Waals surface area contributed by atoms with E-state index in [1.165, 1.54) is 58.3 Å². The van der Waals surface area contributed by atoms with Crippen LogP contribution in [-0.4, -0.2) is 57.3 Å². The van der Waals surface area contributed by atoms with Crippen molar-refractivity contribution in [2.45, 2.75) is 49.6 Å². The van der Waals surface area contributed by atoms with Gasteiger partial charge in [0.05, 0.1) is 11.4 Å². The SMILES string of the molecule is CN(Cc1ccccc1NCC(=O)Nc1cccc(S(=O)(=O)N(C)C)c1)C1CCCCC1. The van der Waals surface area contributed by atoms with Crippen molar-refractivity contribution in [2.24, 2.45) is 0 Å². The van der Waals surface area contributed by atoms with Gasteiger partial charge in [0.2, 0.25) is 15.9 Å². The van der Waals surface area contributed by atoms with Crippen molar-refractivity contribution in [1.29, 1.82) is 0 Å². The number of amides is 1. The Balaban J connectivity index is 1.60. The normalized spacial score (nSPS) is 15.2. The standard InChI is InChI=1S/C24H34N4O3S/c1-27(2)32(30,31)22-14-9-11-20(16-22)26-24(29)17-25-23-15-8-7-10-19(23)18-28(3)21-12-5-4-6-13-21/h7-11,14-16,21,25H,4-6,12-13,17-18H2,1-3H3,(H,26,29). The summed E-state index contributed by atoms with van der Waals surface area (Å²) in [6.45, 7) is 0.925. The van der Waals surface area contributed by atoms with Gasteiger partial charge in [-0.1, -0.05) is 43.5 Å². The van der Waals surface area contributed by atoms with Gasteiger partial charge in [-0.25, -0.2) is 12.7 Å². The smallest absolute Gasteiger partial charge is 0.243 e. The van der Waals surface area contributed by atoms with Crippen molar-refractivity contribution in [3.05, 3.63) is 54.1 Å². The number of anilines is 2. The van der Waals surface area contributed by atoms with E-state index in [-0.39, 0.29) is 17.3 Å². The number of para-hydroxylation sites is 1. The lowest BCUT2D eigenvalue weighted by Gasteiger charge is -2.31. The summed E-state index contributed by atoms with van der Waals surface area (Å²) in [5, 5.41) is 6.02. The number of hydrogen-bond donors (Lipinski definition) is 2. The number of carbonyl (C=O) groups excluding carboxylic acids is 1. The maximum absolute atomic E-state index is 12.5. The Kier molecular flexibility index (Phi) is 8.28. The van der Waals surface area contributed by atoms with Gasteiger partial charge in [0.1, 0.15) is 0 Å². The Morgan fingerprint density at radius 3 is 2.44 bits per heavy atom. The lowest BCUT2D eigenvalue weighted by molar-refractivity contribution is -0.114. The molecule has 0 aromatic heterocycles. The van der Waals surface area contributed by atoms with Gasteiger partial charge in [-0.3, -0.25) is 9.69 Å². The molecule has 32 heavy (non-hydrogen) atoms. The van der Waals surface area contributed by atoms with E-state index in [1.54, 1.807) is 12.1 Å². The molecule has 0 aliphatic heterocycles. The third kappa shape index (κ3) is 6.31. The first-order valence-corrected chi connectivity index (χ1v) is 12.6. The zero-order chi connectivity index (χ0) is 23.1. The van der Waals surface area contributed by atoms with Gasteiger partial charge in [-0.2, -0.15) is 0 Å². The molecular weight excluding hydrogens is 424 g/mol. The van der Waals surface area contributed by atoms with Crippen molar-refractivity contribution >= 4 is 27.3 Å². The molecule has 2 N–H and O–H groups in total. The van der Waals surface area contributed by atoms with Crippen LogP contribution in [0.2, 0.25) is 0 Å². The summed E-state index contributed by atoms with van der Waals surface area (Å²) in [6.07, 6.45) is 6.42. The molecule has 7 nitrogen and oxygen atoms in total. The van der Waals surface area contributed by atoms with Crippen LogP contribution in [0.5, 0.6) is 0 Å². The van der Waals surface area contributed by atoms with Gasteiger partial charge in [0.15, 0.2) is 0 Å². The molecule has 0 heterocycles. The molecule has 0 spiro atoms. The highest BCUT2D eigenvalue weighted by Gasteiger charge is 2.19. The molecular formula is C24H34N4O3S. The van der Waals surface area contributed by atoms with Gasteiger partial charge in [-0.05, 0) is 49.7 Å². The van der Waals surface area contributed by atoms with Gasteiger partial charge >= 0.3 is 0 Å². The number of hydrogen-bond acceptors (Lipinski definition) is 5. The van der Waals surface area contributed by atoms with Crippen molar-refractivity contribution < 1.29 is 13.2 Å². The third-order valence-corrected chi connectivity index (χ3v) is 7.78. The highest BCUT2D eigenvalue weighted by atomic mass is 32.2. The number of nitrogens with zero attached hydrogens (tertiary/aromatic N) is 2. The fourth-order valence-electron chi connectivity index (χ4n) is 4.08. The quantitative estimate of drug-likeness (QED) is 0.598. The molecule has 1 fully saturated rings. The Bertz CT molecular complexity index is 1020. The molecule has 1 aliphatic rings. The van der Waals surface area contributed by atoms with Crippen LogP contribution in [0.3, 0.4) is 0 Å². The van der Waals surface area contributed by atoms with Crippen molar-refractivity contribution in [1.82, 2.24) is 9.21 Å². The van der Waals surface area contributed by atoms with E-state index in [4.69, 9.17) is 0 Å². The van der Waals surface area contributed by atoms with Crippen molar-refractivity contribution in [2.75, 3.05) is 38.3 Å². The molecule has 1 amide bonds. The molecule has 2 aromatic carbocycles. The zero-order valence-corrected chi connectivity index (χ0v) is 20.0. The lowest BCUT2D eigenvalue weighted by atomic mass is 9.94. The number of sulfonamides is 1. The van der Waals surface area contributed by atoms with Crippen LogP contribution < -0.4 is 10.6 Å². The predicted octanol–water partition coefficient (Wildman–Crippen LogP) is 3.75. The summed E-state index contributed by atoms with van der Waals surface area (Å²) in [6, 6.07) is 15.0. The first-order chi connectivity index (χ1) is 15.3. The maximum atomic E-state index is 12.5. The van der Waals surface area contributed by atoms with Crippen LogP contribution in [0, 0.1) is 0 Å². The minimum absolute atomic E-state index is 0.0921. The molecule has 0 atom stereocenters. The largest absolute Gasteiger partial charge is 0.376 e. The van der Waals surface area contributed by atoms with E-state index >= 15 is 0 Å². The zero-order valence-electron chi connectivity index (χ0n) is 19.2. The summed E-state index contributed by atoms with van der Waals surface area (Å²) in [4.78, 5) is 15.1. The average Bonchev–Trinajstić information content (AvgIpc) is 2.79. The van der Waals surface area contributed by atoms with E-state index < -0.39 is 10.0 Å². The number of benzene rings is 2. The van der Waals surface area contributed by atoms with Gasteiger partial charge in [0, 0.05) is 38.1 Å². The molecule has 0 radical (unpaired) electrons. The number of nitrogens with one attached hydrogen (secondary N) is 2. The van der Waals surface area contributed by atoms with Gasteiger partial charge in [-0.15, -0.1) is 0 Å². The number of rotatable bonds is 9. The number of carbonyl (C=O) groups is 1. The third-order valence-electron chi connectivity index (χ3n) is 5.97. The minimum atomic E-state index is -3.56. The highest BCUT2D eigenvalue weighted by molar-refractivity contribution is 7.89. The molecule has 0 saturated heterocycles. The van der Waals surface area contributed by atoms with E-state index in [0.717, 1.165) is 22.1 Å². The maximum Gasteiger partial charge on any atom is 0.243 e. The molecule has 174 valence electrons. The fraction of sp³-hybridized carbons (Fsp3) is 0.458. The second kappa shape index (κ2) is 10.9. The Morgan fingerprint density at radius 2 is 1.72 bits per heavy atom. The summed E-state index contributed by atoms with van der Waals surface area (Å²) in [5.74, 6) is -0.236. The van der Waals surface area contributed by atoms with Crippen LogP contribution in [-0.2, 0) is 21.4 Å². The lowest BCUT2D eigenvalue weighted by Crippen LogP contribution is -2.33. The monoisotopic (exact) mass is 458 g/mol. The fourth-order valence-corrected chi connectivity index (χ4v) is 5.02. The molecule has 3 rings (SSSR count). The summed E-state index contributed by atoms with van der Waals surface area (Å²) in [5.41, 5.74) is 2.55. The van der Waals surface area contributed by atoms with Crippen molar-refractivity contribution in [3.63, 3.8) is 0 Å². The first kappa shape index (κ1) is 24.2. The second-order valence-corrected chi connectivity index (χ2v) is 10.7. The van der Waals surface area contributed by atoms with E-state index in [9.17, 15) is 13.2 Å². The van der Waals surface area contributed by atoms with Crippen LogP contribution in [0.1, 0.15) is 37.7 Å². The Morgan fingerprint density at radius 1 is 1.00 bits per heavy atom. The molecule has 0 unspecified atom stereocenters. The summed E-state index contributed by atoms with van der Waals surface area (Å²) >= 11 is 0. The van der Waals surface area contributed by atoms with Gasteiger partial charge in [0.25, 0.3) is 0 Å². The predicted molar refractivity (Wildman–Crippen MR) is 129 cm³/mol. The molecule has 1 saturated carbocycles. The van der Waals surface area contributed by atoms with E-state index in [1.807, 2.05) is 18.2 Å². The summed E-state index contributed by atoms with van der Waals surface area (Å²) < 4.78 is 25.8. The molecule has 2 aromatic rings. The van der Waals surface area contributed by atoms with Crippen molar-refractivity contribution in [3.8, 4) is 0 Å². The highest BCUT2D eigenvalue weighted by Crippen LogP contribution is 2.25. The summed E-state index contributed by atoms with van der Waals surface area (Å²) in [7, 11) is 1.58. The topological polar surface area (TPSA) is 81.8 Å². The van der Waals surface area contributed by atoms with Crippen LogP contribution >= 0.6 is 0 Å². The van der Waals surface area contributed by atoms with Crippen LogP contribution in [0.15, 0.2) is 53.4 Å². The van der Waals surface area contributed by atoms with Crippen LogP contribution in [0.25, 0.3) is 0 Å². The van der Waals surface area contributed by atoms with E-state index in [2.05, 4.69) is 28.6 Å². The average molecular weight is 459 g/mol. The Labute approximate surface area is 191 Å². The molecule has 1 aliphatic carbocycles. The second-order valence-electron chi connectivity index (χ2n) is 8.58. The molecule has 0 bridgehead atoms. The molecule has 8 heteroatoms.